The number of carbonyl (C=O) groups excluding carboxylic acids is 2. The van der Waals surface area contributed by atoms with Crippen LogP contribution in [0, 0.1) is 11.6 Å². The molecule has 2 saturated heterocycles. The number of hydrogen-bond donors (Lipinski definition) is 2. The number of amides is 2. The molecule has 0 saturated carbocycles. The Morgan fingerprint density at radius 1 is 0.708 bits per heavy atom. The molecule has 0 bridgehead atoms. The predicted octanol–water partition coefficient (Wildman–Crippen LogP) is 9.41. The molecular weight excluding hydrogens is 878 g/mol. The van der Waals surface area contributed by atoms with E-state index in [0.717, 1.165) is 47.8 Å². The van der Waals surface area contributed by atoms with Crippen LogP contribution < -0.4 is 9.47 Å². The molecule has 2 fully saturated rings. The smallest absolute Gasteiger partial charge is 0.222 e. The quantitative estimate of drug-likeness (QED) is 0.127. The van der Waals surface area contributed by atoms with E-state index < -0.39 is 15.7 Å². The molecule has 0 aliphatic carbocycles. The number of pyridine rings is 2. The first-order chi connectivity index (χ1) is 31.3. The third-order valence-electron chi connectivity index (χ3n) is 10.9. The highest BCUT2D eigenvalue weighted by Gasteiger charge is 2.24. The molecule has 0 atom stereocenters. The van der Waals surface area contributed by atoms with Gasteiger partial charge in [-0.1, -0.05) is 35.9 Å². The predicted molar refractivity (Wildman–Crippen MR) is 239 cm³/mol. The van der Waals surface area contributed by atoms with Gasteiger partial charge in [-0.2, -0.15) is 0 Å². The molecule has 18 heteroatoms. The number of halogens is 3. The summed E-state index contributed by atoms with van der Waals surface area (Å²) in [4.78, 5) is 51.5. The number of nitrogens with zero attached hydrogens (tertiary/aromatic N) is 6. The molecule has 2 aliphatic rings. The first-order valence-electron chi connectivity index (χ1n) is 20.6. The van der Waals surface area contributed by atoms with Crippen molar-refractivity contribution in [2.45, 2.75) is 43.8 Å². The molecule has 65 heavy (non-hydrogen) atoms. The zero-order valence-electron chi connectivity index (χ0n) is 34.7. The number of nitrogens with one attached hydrogen (secondary N) is 2. The van der Waals surface area contributed by atoms with Crippen LogP contribution >= 0.6 is 11.6 Å². The Kier molecular flexibility index (Phi) is 12.0. The van der Waals surface area contributed by atoms with Crippen LogP contribution in [0.15, 0.2) is 114 Å². The maximum Gasteiger partial charge on any atom is 0.222 e. The Bertz CT molecular complexity index is 3130. The van der Waals surface area contributed by atoms with E-state index >= 15 is 0 Å². The number of sulfone groups is 1. The Labute approximate surface area is 376 Å². The summed E-state index contributed by atoms with van der Waals surface area (Å²) in [5.41, 5.74) is 5.65. The van der Waals surface area contributed by atoms with Crippen molar-refractivity contribution in [1.82, 2.24) is 39.7 Å². The molecular formula is C47H39ClF2N8O6S. The van der Waals surface area contributed by atoms with Gasteiger partial charge in [0.15, 0.2) is 20.5 Å². The standard InChI is InChI=1S/C24H20ClFN4O4S.C23H19FN4O2/c1-35(32,33)22-7-6-16(12-27-22)34-21-9-14(4-5-15(21)13-30-8-2-3-23(30)31)24-28-19-10-17(25)18(26)11-20(19)29-24;24-17-7-9-18(10-8-17)30-20-13-15(22-26-19-3-1-11-25-23(19)27-22)5-6-16(20)14-28-12-2-4-21(28)29/h4-7,9-12H,2-3,8,13H2,1H3,(H,28,29);1,3,5-11,13H,2,4,12,14H2,(H,25,26,27). The van der Waals surface area contributed by atoms with Gasteiger partial charge in [-0.15, -0.1) is 0 Å². The number of rotatable bonds is 11. The largest absolute Gasteiger partial charge is 0.457 e. The van der Waals surface area contributed by atoms with Crippen molar-refractivity contribution in [3.05, 3.63) is 137 Å². The Morgan fingerprint density at radius 2 is 1.31 bits per heavy atom. The van der Waals surface area contributed by atoms with Gasteiger partial charge in [-0.3, -0.25) is 9.59 Å². The fourth-order valence-corrected chi connectivity index (χ4v) is 8.25. The molecule has 2 aliphatic heterocycles. The van der Waals surface area contributed by atoms with Crippen molar-refractivity contribution in [3.8, 4) is 45.8 Å². The van der Waals surface area contributed by atoms with Crippen molar-refractivity contribution >= 4 is 55.4 Å². The molecule has 10 rings (SSSR count). The lowest BCUT2D eigenvalue weighted by atomic mass is 10.1. The van der Waals surface area contributed by atoms with Crippen LogP contribution in [0.25, 0.3) is 45.0 Å². The molecule has 8 aromatic rings. The van der Waals surface area contributed by atoms with Gasteiger partial charge < -0.3 is 29.2 Å². The van der Waals surface area contributed by atoms with Gasteiger partial charge in [0.05, 0.1) is 27.8 Å². The van der Waals surface area contributed by atoms with E-state index in [0.29, 0.717) is 89.4 Å². The number of H-pyrrole nitrogens is 2. The lowest BCUT2D eigenvalue weighted by Gasteiger charge is -2.19. The summed E-state index contributed by atoms with van der Waals surface area (Å²) in [5.74, 6) is 2.44. The van der Waals surface area contributed by atoms with Crippen molar-refractivity contribution in [3.63, 3.8) is 0 Å². The molecule has 0 radical (unpaired) electrons. The summed E-state index contributed by atoms with van der Waals surface area (Å²) in [5, 5.41) is -0.0788. The van der Waals surface area contributed by atoms with Gasteiger partial charge in [-0.25, -0.2) is 37.1 Å². The molecule has 14 nitrogen and oxygen atoms in total. The van der Waals surface area contributed by atoms with Crippen LogP contribution in [0.4, 0.5) is 8.78 Å². The number of ether oxygens (including phenoxy) is 2. The highest BCUT2D eigenvalue weighted by Crippen LogP contribution is 2.35. The summed E-state index contributed by atoms with van der Waals surface area (Å²) in [6, 6.07) is 26.5. The highest BCUT2D eigenvalue weighted by molar-refractivity contribution is 7.90. The van der Waals surface area contributed by atoms with Crippen LogP contribution in [-0.4, -0.2) is 79.3 Å². The maximum atomic E-state index is 13.9. The molecule has 2 amide bonds. The van der Waals surface area contributed by atoms with E-state index in [1.54, 1.807) is 29.3 Å². The molecule has 330 valence electrons. The number of hydrogen-bond acceptors (Lipinski definition) is 10. The third-order valence-corrected chi connectivity index (χ3v) is 12.2. The average molecular weight is 917 g/mol. The molecule has 4 aromatic heterocycles. The lowest BCUT2D eigenvalue weighted by Crippen LogP contribution is -2.24. The van der Waals surface area contributed by atoms with Gasteiger partial charge in [0.25, 0.3) is 0 Å². The van der Waals surface area contributed by atoms with Crippen LogP contribution in [0.5, 0.6) is 23.0 Å². The van der Waals surface area contributed by atoms with Crippen LogP contribution in [-0.2, 0) is 32.5 Å². The molecule has 6 heterocycles. The average Bonchev–Trinajstić information content (AvgIpc) is 4.11. The maximum absolute atomic E-state index is 13.9. The number of fused-ring (bicyclic) bond motifs is 2. The van der Waals surface area contributed by atoms with Gasteiger partial charge >= 0.3 is 0 Å². The summed E-state index contributed by atoms with van der Waals surface area (Å²) in [6.45, 7) is 2.24. The molecule has 0 unspecified atom stereocenters. The van der Waals surface area contributed by atoms with E-state index in [-0.39, 0.29) is 27.7 Å². The number of aromatic amines is 2. The summed E-state index contributed by atoms with van der Waals surface area (Å²) >= 11 is 5.89. The van der Waals surface area contributed by atoms with Crippen LogP contribution in [0.2, 0.25) is 5.02 Å². The molecule has 2 N–H and O–H groups in total. The topological polar surface area (TPSA) is 176 Å². The molecule has 4 aromatic carbocycles. The number of likely N-dealkylation sites (tertiary alicyclic amines) is 2. The van der Waals surface area contributed by atoms with Gasteiger partial charge in [0.2, 0.25) is 11.8 Å². The fraction of sp³-hybridized carbons (Fsp3) is 0.191. The van der Waals surface area contributed by atoms with Crippen molar-refractivity contribution in [2.75, 3.05) is 19.3 Å². The fourth-order valence-electron chi connectivity index (χ4n) is 7.53. The Balaban J connectivity index is 0.000000166. The van der Waals surface area contributed by atoms with Gasteiger partial charge in [-0.05, 0) is 79.6 Å². The van der Waals surface area contributed by atoms with Crippen molar-refractivity contribution in [1.29, 1.82) is 0 Å². The first-order valence-corrected chi connectivity index (χ1v) is 22.8. The van der Waals surface area contributed by atoms with E-state index in [1.807, 2.05) is 47.4 Å². The molecule has 0 spiro atoms. The van der Waals surface area contributed by atoms with Gasteiger partial charge in [0, 0.05) is 79.8 Å². The monoisotopic (exact) mass is 916 g/mol. The number of imidazole rings is 2. The second kappa shape index (κ2) is 18.1. The first kappa shape index (κ1) is 43.0. The summed E-state index contributed by atoms with van der Waals surface area (Å²) in [7, 11) is -3.44. The second-order valence-electron chi connectivity index (χ2n) is 15.6. The number of aromatic nitrogens is 6. The second-order valence-corrected chi connectivity index (χ2v) is 17.9. The van der Waals surface area contributed by atoms with E-state index in [4.69, 9.17) is 21.1 Å². The Morgan fingerprint density at radius 3 is 1.88 bits per heavy atom. The van der Waals surface area contributed by atoms with E-state index in [2.05, 4.69) is 29.9 Å². The van der Waals surface area contributed by atoms with Crippen molar-refractivity contribution < 1.29 is 36.3 Å². The lowest BCUT2D eigenvalue weighted by molar-refractivity contribution is -0.129. The van der Waals surface area contributed by atoms with E-state index in [1.165, 1.54) is 42.6 Å². The third kappa shape index (κ3) is 9.80. The normalized spacial score (nSPS) is 14.0. The zero-order chi connectivity index (χ0) is 45.2. The van der Waals surface area contributed by atoms with E-state index in [9.17, 15) is 26.8 Å². The number of carbonyl (C=O) groups is 2. The minimum Gasteiger partial charge on any atom is -0.457 e. The highest BCUT2D eigenvalue weighted by atomic mass is 35.5. The summed E-state index contributed by atoms with van der Waals surface area (Å²) < 4.78 is 62.8. The Hall–Kier alpha value is -7.24. The van der Waals surface area contributed by atoms with Crippen molar-refractivity contribution in [2.24, 2.45) is 0 Å². The summed E-state index contributed by atoms with van der Waals surface area (Å²) in [6.07, 6.45) is 6.89. The minimum atomic E-state index is -3.44. The number of benzene rings is 4. The van der Waals surface area contributed by atoms with Crippen LogP contribution in [0.3, 0.4) is 0 Å². The zero-order valence-corrected chi connectivity index (χ0v) is 36.3. The van der Waals surface area contributed by atoms with Gasteiger partial charge in [0.1, 0.15) is 46.3 Å². The van der Waals surface area contributed by atoms with Crippen LogP contribution in [0.1, 0.15) is 36.8 Å². The minimum absolute atomic E-state index is 0.0183. The SMILES string of the molecule is CS(=O)(=O)c1ccc(Oc2cc(-c3nc4cc(Cl)c(F)cc4[nH]3)ccc2CN2CCCC2=O)cn1.O=C1CCCN1Cc1ccc(-c2nc3ncccc3[nH]2)cc1Oc1ccc(F)cc1.